The molecule has 0 bridgehead atoms. The maximum absolute atomic E-state index is 13.5. The number of nitrogens with one attached hydrogen (secondary N) is 2. The van der Waals surface area contributed by atoms with E-state index >= 15 is 0 Å². The van der Waals surface area contributed by atoms with E-state index in [1.54, 1.807) is 31.2 Å². The lowest BCUT2D eigenvalue weighted by Gasteiger charge is -2.12. The molecule has 2 N–H and O–H groups in total. The van der Waals surface area contributed by atoms with Crippen LogP contribution in [0.3, 0.4) is 0 Å². The predicted molar refractivity (Wildman–Crippen MR) is 114 cm³/mol. The predicted octanol–water partition coefficient (Wildman–Crippen LogP) is 4.61. The van der Waals surface area contributed by atoms with E-state index in [9.17, 15) is 17.6 Å². The summed E-state index contributed by atoms with van der Waals surface area (Å²) < 4.78 is 46.3. The Morgan fingerprint density at radius 3 is 2.43 bits per heavy atom. The Morgan fingerprint density at radius 2 is 1.77 bits per heavy atom. The van der Waals surface area contributed by atoms with Crippen molar-refractivity contribution in [2.45, 2.75) is 11.8 Å². The number of ether oxygens (including phenoxy) is 1. The summed E-state index contributed by atoms with van der Waals surface area (Å²) in [6.45, 7) is 1.35. The summed E-state index contributed by atoms with van der Waals surface area (Å²) in [5.41, 5.74) is 1.48. The number of aryl methyl sites for hydroxylation is 1. The summed E-state index contributed by atoms with van der Waals surface area (Å²) in [7, 11) is -3.82. The molecule has 0 aromatic heterocycles. The molecule has 0 aliphatic rings. The Kier molecular flexibility index (Phi) is 6.59. The average Bonchev–Trinajstić information content (AvgIpc) is 2.70. The molecule has 0 fully saturated rings. The minimum absolute atomic E-state index is 0.0254. The summed E-state index contributed by atoms with van der Waals surface area (Å²) in [5, 5.41) is 3.07. The van der Waals surface area contributed by atoms with Gasteiger partial charge in [-0.15, -0.1) is 0 Å². The van der Waals surface area contributed by atoms with E-state index in [4.69, 9.17) is 16.3 Å². The van der Waals surface area contributed by atoms with Gasteiger partial charge >= 0.3 is 0 Å². The first-order valence-corrected chi connectivity index (χ1v) is 10.7. The Hall–Kier alpha value is -3.10. The van der Waals surface area contributed by atoms with Crippen LogP contribution in [0, 0.1) is 12.7 Å². The molecule has 0 saturated heterocycles. The van der Waals surface area contributed by atoms with Gasteiger partial charge in [0.2, 0.25) is 0 Å². The fourth-order valence-electron chi connectivity index (χ4n) is 2.56. The molecule has 156 valence electrons. The Morgan fingerprint density at radius 1 is 1.07 bits per heavy atom. The second kappa shape index (κ2) is 9.15. The Balaban J connectivity index is 1.62. The summed E-state index contributed by atoms with van der Waals surface area (Å²) in [6.07, 6.45) is 0. The van der Waals surface area contributed by atoms with Gasteiger partial charge in [0, 0.05) is 10.7 Å². The molecule has 0 atom stereocenters. The Labute approximate surface area is 178 Å². The molecular weight excluding hydrogens is 431 g/mol. The molecule has 0 saturated carbocycles. The van der Waals surface area contributed by atoms with Gasteiger partial charge in [0.05, 0.1) is 10.6 Å². The van der Waals surface area contributed by atoms with Crippen molar-refractivity contribution in [1.29, 1.82) is 0 Å². The van der Waals surface area contributed by atoms with Crippen LogP contribution in [0.5, 0.6) is 5.75 Å². The van der Waals surface area contributed by atoms with Gasteiger partial charge in [-0.1, -0.05) is 23.7 Å². The molecule has 1 amide bonds. The second-order valence-corrected chi connectivity index (χ2v) is 8.48. The van der Waals surface area contributed by atoms with Crippen LogP contribution in [-0.4, -0.2) is 20.9 Å². The summed E-state index contributed by atoms with van der Waals surface area (Å²) in [5.74, 6) is -1.11. The molecule has 3 aromatic rings. The monoisotopic (exact) mass is 448 g/mol. The van der Waals surface area contributed by atoms with E-state index in [-0.39, 0.29) is 10.6 Å². The highest BCUT2D eigenvalue weighted by molar-refractivity contribution is 7.92. The highest BCUT2D eigenvalue weighted by Crippen LogP contribution is 2.23. The molecule has 0 radical (unpaired) electrons. The zero-order valence-electron chi connectivity index (χ0n) is 15.9. The van der Waals surface area contributed by atoms with Gasteiger partial charge < -0.3 is 10.1 Å². The smallest absolute Gasteiger partial charge is 0.262 e. The second-order valence-electron chi connectivity index (χ2n) is 6.36. The van der Waals surface area contributed by atoms with E-state index in [0.29, 0.717) is 22.0 Å². The van der Waals surface area contributed by atoms with Crippen molar-refractivity contribution in [2.24, 2.45) is 0 Å². The fraction of sp³-hybridized carbons (Fsp3) is 0.0952. The third kappa shape index (κ3) is 5.49. The van der Waals surface area contributed by atoms with Crippen molar-refractivity contribution in [3.05, 3.63) is 83.1 Å². The summed E-state index contributed by atoms with van der Waals surface area (Å²) >= 11 is 5.89. The number of amides is 1. The molecule has 0 spiro atoms. The molecule has 9 heteroatoms. The number of carbonyl (C=O) groups excluding carboxylic acids is 1. The normalized spacial score (nSPS) is 11.0. The molecule has 3 rings (SSSR count). The van der Waals surface area contributed by atoms with Crippen LogP contribution >= 0.6 is 11.6 Å². The first-order valence-electron chi connectivity index (χ1n) is 8.81. The molecule has 0 heterocycles. The lowest BCUT2D eigenvalue weighted by Crippen LogP contribution is -2.20. The largest absolute Gasteiger partial charge is 0.481 e. The van der Waals surface area contributed by atoms with E-state index in [1.165, 1.54) is 42.5 Å². The maximum atomic E-state index is 13.5. The zero-order chi connectivity index (χ0) is 21.7. The standard InChI is InChI=1S/C21H18ClFN2O4S/c1-14-12-15(22)6-11-19(14)25-30(27,28)17-9-7-16(8-10-17)24-21(26)13-29-20-5-3-2-4-18(20)23/h2-12,25H,13H2,1H3,(H,24,26). The molecule has 0 aliphatic heterocycles. The number of para-hydroxylation sites is 1. The average molecular weight is 449 g/mol. The topological polar surface area (TPSA) is 84.5 Å². The van der Waals surface area contributed by atoms with Crippen LogP contribution in [0.15, 0.2) is 71.6 Å². The lowest BCUT2D eigenvalue weighted by molar-refractivity contribution is -0.118. The van der Waals surface area contributed by atoms with E-state index in [1.807, 2.05) is 0 Å². The van der Waals surface area contributed by atoms with Gasteiger partial charge in [0.1, 0.15) is 0 Å². The van der Waals surface area contributed by atoms with Gasteiger partial charge in [-0.05, 0) is 67.1 Å². The van der Waals surface area contributed by atoms with Gasteiger partial charge in [0.15, 0.2) is 18.2 Å². The number of halogens is 2. The minimum atomic E-state index is -3.82. The molecule has 0 unspecified atom stereocenters. The van der Waals surface area contributed by atoms with Crippen LogP contribution in [0.2, 0.25) is 5.02 Å². The number of carbonyl (C=O) groups is 1. The van der Waals surface area contributed by atoms with Crippen molar-refractivity contribution < 1.29 is 22.3 Å². The van der Waals surface area contributed by atoms with Crippen LogP contribution in [-0.2, 0) is 14.8 Å². The number of benzene rings is 3. The van der Waals surface area contributed by atoms with Crippen molar-refractivity contribution in [2.75, 3.05) is 16.6 Å². The first-order chi connectivity index (χ1) is 14.2. The van der Waals surface area contributed by atoms with Crippen LogP contribution < -0.4 is 14.8 Å². The molecular formula is C21H18ClFN2O4S. The van der Waals surface area contributed by atoms with E-state index < -0.39 is 28.4 Å². The highest BCUT2D eigenvalue weighted by Gasteiger charge is 2.16. The van der Waals surface area contributed by atoms with E-state index in [0.717, 1.165) is 0 Å². The number of hydrogen-bond donors (Lipinski definition) is 2. The van der Waals surface area contributed by atoms with Gasteiger partial charge in [-0.2, -0.15) is 0 Å². The SMILES string of the molecule is Cc1cc(Cl)ccc1NS(=O)(=O)c1ccc(NC(=O)COc2ccccc2F)cc1. The minimum Gasteiger partial charge on any atom is -0.481 e. The summed E-state index contributed by atoms with van der Waals surface area (Å²) in [4.78, 5) is 12.0. The maximum Gasteiger partial charge on any atom is 0.262 e. The third-order valence-electron chi connectivity index (χ3n) is 4.08. The third-order valence-corrected chi connectivity index (χ3v) is 5.69. The number of hydrogen-bond acceptors (Lipinski definition) is 4. The summed E-state index contributed by atoms with van der Waals surface area (Å²) in [6, 6.07) is 16.2. The molecule has 0 aliphatic carbocycles. The van der Waals surface area contributed by atoms with Crippen molar-refractivity contribution in [1.82, 2.24) is 0 Å². The quantitative estimate of drug-likeness (QED) is 0.553. The highest BCUT2D eigenvalue weighted by atomic mass is 35.5. The lowest BCUT2D eigenvalue weighted by atomic mass is 10.2. The van der Waals surface area contributed by atoms with Gasteiger partial charge in [-0.3, -0.25) is 9.52 Å². The zero-order valence-corrected chi connectivity index (χ0v) is 17.4. The molecule has 3 aromatic carbocycles. The van der Waals surface area contributed by atoms with Crippen LogP contribution in [0.4, 0.5) is 15.8 Å². The van der Waals surface area contributed by atoms with Gasteiger partial charge in [0.25, 0.3) is 15.9 Å². The van der Waals surface area contributed by atoms with Crippen molar-refractivity contribution in [3.63, 3.8) is 0 Å². The number of anilines is 2. The molecule has 30 heavy (non-hydrogen) atoms. The molecule has 6 nitrogen and oxygen atoms in total. The van der Waals surface area contributed by atoms with Crippen molar-refractivity contribution >= 4 is 38.9 Å². The fourth-order valence-corrected chi connectivity index (χ4v) is 3.92. The van der Waals surface area contributed by atoms with E-state index in [2.05, 4.69) is 10.0 Å². The van der Waals surface area contributed by atoms with Crippen LogP contribution in [0.25, 0.3) is 0 Å². The Bertz CT molecular complexity index is 1170. The number of rotatable bonds is 7. The number of sulfonamides is 1. The first kappa shape index (κ1) is 21.6. The van der Waals surface area contributed by atoms with Crippen LogP contribution in [0.1, 0.15) is 5.56 Å². The van der Waals surface area contributed by atoms with Crippen molar-refractivity contribution in [3.8, 4) is 5.75 Å². The van der Waals surface area contributed by atoms with Gasteiger partial charge in [-0.25, -0.2) is 12.8 Å².